The SMILES string of the molecule is Clc1ccc(C2CN(I)S2)cc1. The minimum absolute atomic E-state index is 0.638. The zero-order chi connectivity index (χ0) is 8.55. The average molecular weight is 312 g/mol. The van der Waals surface area contributed by atoms with Crippen molar-refractivity contribution >= 4 is 46.4 Å². The van der Waals surface area contributed by atoms with E-state index < -0.39 is 0 Å². The lowest BCUT2D eigenvalue weighted by Gasteiger charge is -2.32. The second-order valence-corrected chi connectivity index (χ2v) is 6.12. The van der Waals surface area contributed by atoms with Crippen LogP contribution in [0.3, 0.4) is 0 Å². The number of benzene rings is 1. The Morgan fingerprint density at radius 1 is 1.42 bits per heavy atom. The fraction of sp³-hybridized carbons (Fsp3) is 0.250. The van der Waals surface area contributed by atoms with Crippen molar-refractivity contribution in [3.05, 3.63) is 34.9 Å². The first-order chi connectivity index (χ1) is 5.75. The summed E-state index contributed by atoms with van der Waals surface area (Å²) in [6.45, 7) is 1.13. The van der Waals surface area contributed by atoms with Crippen molar-refractivity contribution in [1.82, 2.24) is 2.52 Å². The molecular weight excluding hydrogens is 305 g/mol. The van der Waals surface area contributed by atoms with E-state index in [4.69, 9.17) is 11.6 Å². The molecular formula is C8H7ClINS. The molecule has 12 heavy (non-hydrogen) atoms. The van der Waals surface area contributed by atoms with E-state index in [1.165, 1.54) is 5.56 Å². The molecule has 1 saturated heterocycles. The maximum atomic E-state index is 5.79. The van der Waals surface area contributed by atoms with Crippen molar-refractivity contribution in [2.75, 3.05) is 6.54 Å². The highest BCUT2D eigenvalue weighted by Crippen LogP contribution is 2.44. The third kappa shape index (κ3) is 1.89. The predicted octanol–water partition coefficient (Wildman–Crippen LogP) is 3.69. The first kappa shape index (κ1) is 9.12. The van der Waals surface area contributed by atoms with Crippen molar-refractivity contribution in [2.45, 2.75) is 5.25 Å². The van der Waals surface area contributed by atoms with E-state index in [0.29, 0.717) is 5.25 Å². The van der Waals surface area contributed by atoms with Crippen LogP contribution in [-0.4, -0.2) is 9.06 Å². The topological polar surface area (TPSA) is 3.24 Å². The predicted molar refractivity (Wildman–Crippen MR) is 62.5 cm³/mol. The van der Waals surface area contributed by atoms with Gasteiger partial charge in [-0.3, -0.25) is 0 Å². The van der Waals surface area contributed by atoms with E-state index in [1.807, 2.05) is 24.1 Å². The Balaban J connectivity index is 2.09. The second-order valence-electron chi connectivity index (χ2n) is 2.65. The number of nitrogens with zero attached hydrogens (tertiary/aromatic N) is 1. The van der Waals surface area contributed by atoms with Crippen LogP contribution in [0.5, 0.6) is 0 Å². The van der Waals surface area contributed by atoms with Crippen molar-refractivity contribution < 1.29 is 0 Å². The molecule has 0 amide bonds. The van der Waals surface area contributed by atoms with Crippen LogP contribution in [0, 0.1) is 0 Å². The second kappa shape index (κ2) is 3.74. The number of rotatable bonds is 1. The van der Waals surface area contributed by atoms with Gasteiger partial charge in [-0.2, -0.15) is 2.52 Å². The van der Waals surface area contributed by atoms with Crippen LogP contribution in [0.4, 0.5) is 0 Å². The number of halogens is 2. The monoisotopic (exact) mass is 311 g/mol. The number of hydrogen-bond acceptors (Lipinski definition) is 2. The average Bonchev–Trinajstić information content (AvgIpc) is 2.01. The van der Waals surface area contributed by atoms with Gasteiger partial charge in [-0.1, -0.05) is 35.7 Å². The molecule has 1 nitrogen and oxygen atoms in total. The van der Waals surface area contributed by atoms with Crippen molar-refractivity contribution in [3.8, 4) is 0 Å². The normalized spacial score (nSPS) is 23.7. The van der Waals surface area contributed by atoms with Crippen LogP contribution < -0.4 is 0 Å². The highest BCUT2D eigenvalue weighted by Gasteiger charge is 2.27. The fourth-order valence-corrected chi connectivity index (χ4v) is 3.46. The van der Waals surface area contributed by atoms with E-state index in [2.05, 4.69) is 37.5 Å². The van der Waals surface area contributed by atoms with Crippen LogP contribution in [0.1, 0.15) is 10.8 Å². The Morgan fingerprint density at radius 3 is 2.50 bits per heavy atom. The quantitative estimate of drug-likeness (QED) is 0.442. The van der Waals surface area contributed by atoms with E-state index >= 15 is 0 Å². The summed E-state index contributed by atoms with van der Waals surface area (Å²) in [5.41, 5.74) is 1.37. The molecule has 2 rings (SSSR count). The molecule has 1 aliphatic rings. The lowest BCUT2D eigenvalue weighted by molar-refractivity contribution is 0.675. The highest BCUT2D eigenvalue weighted by molar-refractivity contribution is 14.1. The van der Waals surface area contributed by atoms with Gasteiger partial charge < -0.3 is 0 Å². The Labute approximate surface area is 95.1 Å². The molecule has 0 spiro atoms. The first-order valence-electron chi connectivity index (χ1n) is 3.61. The van der Waals surface area contributed by atoms with E-state index in [1.54, 1.807) is 0 Å². The van der Waals surface area contributed by atoms with E-state index in [-0.39, 0.29) is 0 Å². The molecule has 4 heteroatoms. The molecule has 0 N–H and O–H groups in total. The minimum Gasteiger partial charge on any atom is -0.189 e. The first-order valence-corrected chi connectivity index (χ1v) is 5.79. The standard InChI is InChI=1S/C8H7ClINS/c9-7-3-1-6(2-4-7)8-5-11(10)12-8/h1-4,8H,5H2. The molecule has 0 aliphatic carbocycles. The van der Waals surface area contributed by atoms with Crippen molar-refractivity contribution in [2.24, 2.45) is 0 Å². The van der Waals surface area contributed by atoms with Crippen molar-refractivity contribution in [3.63, 3.8) is 0 Å². The van der Waals surface area contributed by atoms with Gasteiger partial charge in [-0.05, 0) is 17.7 Å². The summed E-state index contributed by atoms with van der Waals surface area (Å²) in [6, 6.07) is 8.11. The summed E-state index contributed by atoms with van der Waals surface area (Å²) in [5.74, 6) is 0. The molecule has 0 bridgehead atoms. The smallest absolute Gasteiger partial charge is 0.0596 e. The highest BCUT2D eigenvalue weighted by atomic mass is 127. The lowest BCUT2D eigenvalue weighted by Crippen LogP contribution is -2.23. The Hall–Kier alpha value is 0.550. The van der Waals surface area contributed by atoms with Crippen LogP contribution in [0.25, 0.3) is 0 Å². The maximum Gasteiger partial charge on any atom is 0.0596 e. The molecule has 1 aromatic rings. The molecule has 64 valence electrons. The van der Waals surface area contributed by atoms with Crippen molar-refractivity contribution in [1.29, 1.82) is 0 Å². The molecule has 0 saturated carbocycles. The third-order valence-electron chi connectivity index (χ3n) is 1.79. The van der Waals surface area contributed by atoms with Gasteiger partial charge in [-0.25, -0.2) is 0 Å². The van der Waals surface area contributed by atoms with Gasteiger partial charge in [0.2, 0.25) is 0 Å². The van der Waals surface area contributed by atoms with Crippen LogP contribution in [0.15, 0.2) is 24.3 Å². The molecule has 1 atom stereocenters. The molecule has 0 aromatic heterocycles. The summed E-state index contributed by atoms with van der Waals surface area (Å²) in [7, 11) is 0. The zero-order valence-electron chi connectivity index (χ0n) is 6.21. The summed E-state index contributed by atoms with van der Waals surface area (Å²) in [4.78, 5) is 0. The Bertz CT molecular complexity index is 271. The third-order valence-corrected chi connectivity index (χ3v) is 4.17. The molecule has 1 fully saturated rings. The molecule has 0 radical (unpaired) electrons. The maximum absolute atomic E-state index is 5.79. The van der Waals surface area contributed by atoms with Gasteiger partial charge in [0, 0.05) is 34.4 Å². The van der Waals surface area contributed by atoms with Gasteiger partial charge in [0.15, 0.2) is 0 Å². The summed E-state index contributed by atoms with van der Waals surface area (Å²) >= 11 is 9.96. The number of hydrogen-bond donors (Lipinski definition) is 0. The Kier molecular flexibility index (Phi) is 2.84. The molecule has 1 heterocycles. The fourth-order valence-electron chi connectivity index (χ4n) is 1.10. The van der Waals surface area contributed by atoms with Gasteiger partial charge in [0.05, 0.1) is 5.25 Å². The van der Waals surface area contributed by atoms with Gasteiger partial charge in [0.1, 0.15) is 0 Å². The summed E-state index contributed by atoms with van der Waals surface area (Å²) < 4.78 is 2.21. The van der Waals surface area contributed by atoms with Gasteiger partial charge in [-0.15, -0.1) is 0 Å². The summed E-state index contributed by atoms with van der Waals surface area (Å²) in [5, 5.41) is 1.45. The van der Waals surface area contributed by atoms with Gasteiger partial charge in [0.25, 0.3) is 0 Å². The lowest BCUT2D eigenvalue weighted by atomic mass is 10.1. The Morgan fingerprint density at radius 2 is 2.00 bits per heavy atom. The van der Waals surface area contributed by atoms with E-state index in [0.717, 1.165) is 11.6 Å². The van der Waals surface area contributed by atoms with Crippen LogP contribution in [-0.2, 0) is 0 Å². The van der Waals surface area contributed by atoms with Gasteiger partial charge >= 0.3 is 0 Å². The molecule has 1 aromatic carbocycles. The van der Waals surface area contributed by atoms with Crippen LogP contribution >= 0.6 is 46.4 Å². The van der Waals surface area contributed by atoms with E-state index in [9.17, 15) is 0 Å². The minimum atomic E-state index is 0.638. The van der Waals surface area contributed by atoms with Crippen LogP contribution in [0.2, 0.25) is 5.02 Å². The largest absolute Gasteiger partial charge is 0.189 e. The molecule has 1 aliphatic heterocycles. The zero-order valence-corrected chi connectivity index (χ0v) is 9.94. The summed E-state index contributed by atoms with van der Waals surface area (Å²) in [6.07, 6.45) is 0. The molecule has 1 unspecified atom stereocenters.